The predicted molar refractivity (Wildman–Crippen MR) is 75.8 cm³/mol. The third kappa shape index (κ3) is 2.85. The second-order valence-corrected chi connectivity index (χ2v) is 7.04. The first-order valence-electron chi connectivity index (χ1n) is 5.49. The monoisotopic (exact) mass is 298 g/mol. The fourth-order valence-electron chi connectivity index (χ4n) is 1.55. The van der Waals surface area contributed by atoms with Crippen LogP contribution in [0, 0.1) is 20.8 Å². The highest BCUT2D eigenvalue weighted by molar-refractivity contribution is 7.93. The Morgan fingerprint density at radius 1 is 1.16 bits per heavy atom. The summed E-state index contributed by atoms with van der Waals surface area (Å²) in [5, 5.41) is 8.41. The number of hydrogen-bond acceptors (Lipinski definition) is 6. The van der Waals surface area contributed by atoms with Gasteiger partial charge in [-0.1, -0.05) is 11.3 Å². The summed E-state index contributed by atoms with van der Waals surface area (Å²) in [7, 11) is -3.74. The highest BCUT2D eigenvalue weighted by atomic mass is 32.2. The van der Waals surface area contributed by atoms with E-state index in [-0.39, 0.29) is 15.7 Å². The van der Waals surface area contributed by atoms with E-state index in [1.165, 1.54) is 11.3 Å². The number of hydrogen-bond donors (Lipinski definition) is 2. The van der Waals surface area contributed by atoms with Crippen LogP contribution in [0.2, 0.25) is 0 Å². The minimum Gasteiger partial charge on any atom is -0.398 e. The third-order valence-corrected chi connectivity index (χ3v) is 4.94. The molecular formula is C11H14N4O2S2. The van der Waals surface area contributed by atoms with E-state index in [9.17, 15) is 8.42 Å². The van der Waals surface area contributed by atoms with E-state index in [2.05, 4.69) is 14.9 Å². The van der Waals surface area contributed by atoms with Gasteiger partial charge < -0.3 is 5.73 Å². The zero-order valence-corrected chi connectivity index (χ0v) is 12.4. The minimum absolute atomic E-state index is 0.0588. The lowest BCUT2D eigenvalue weighted by Gasteiger charge is -2.10. The molecular weight excluding hydrogens is 284 g/mol. The molecule has 0 amide bonds. The Kier molecular flexibility index (Phi) is 3.46. The fraction of sp³-hybridized carbons (Fsp3) is 0.273. The quantitative estimate of drug-likeness (QED) is 0.843. The normalized spacial score (nSPS) is 11.5. The topological polar surface area (TPSA) is 98.0 Å². The number of rotatable bonds is 3. The van der Waals surface area contributed by atoms with Gasteiger partial charge in [0.15, 0.2) is 0 Å². The first-order valence-corrected chi connectivity index (χ1v) is 7.79. The Morgan fingerprint density at radius 3 is 2.37 bits per heavy atom. The van der Waals surface area contributed by atoms with Gasteiger partial charge >= 0.3 is 0 Å². The molecule has 2 aromatic rings. The van der Waals surface area contributed by atoms with Gasteiger partial charge in [0.25, 0.3) is 10.0 Å². The van der Waals surface area contributed by atoms with Gasteiger partial charge in [0.1, 0.15) is 9.90 Å². The molecule has 0 saturated heterocycles. The van der Waals surface area contributed by atoms with Gasteiger partial charge in [0, 0.05) is 0 Å². The van der Waals surface area contributed by atoms with Crippen LogP contribution in [0.4, 0.5) is 10.8 Å². The van der Waals surface area contributed by atoms with Gasteiger partial charge in [0.2, 0.25) is 5.13 Å². The van der Waals surface area contributed by atoms with Gasteiger partial charge in [0.05, 0.1) is 5.69 Å². The molecule has 0 aliphatic carbocycles. The molecule has 2 rings (SSSR count). The zero-order valence-electron chi connectivity index (χ0n) is 10.8. The average molecular weight is 298 g/mol. The molecule has 0 unspecified atom stereocenters. The molecule has 1 heterocycles. The van der Waals surface area contributed by atoms with Crippen molar-refractivity contribution in [3.63, 3.8) is 0 Å². The molecule has 1 aromatic carbocycles. The second-order valence-electron chi connectivity index (χ2n) is 4.21. The van der Waals surface area contributed by atoms with Crippen LogP contribution < -0.4 is 10.5 Å². The van der Waals surface area contributed by atoms with Gasteiger partial charge in [-0.05, 0) is 44.0 Å². The summed E-state index contributed by atoms with van der Waals surface area (Å²) in [6.07, 6.45) is 0. The molecule has 102 valence electrons. The summed E-state index contributed by atoms with van der Waals surface area (Å²) in [5.74, 6) is 0. The summed E-state index contributed by atoms with van der Waals surface area (Å²) >= 11 is 1.17. The SMILES string of the molecule is Cc1nnc(NS(=O)(=O)c2cc(C)c(C)cc2N)s1. The van der Waals surface area contributed by atoms with Crippen molar-refractivity contribution in [2.24, 2.45) is 0 Å². The highest BCUT2D eigenvalue weighted by Gasteiger charge is 2.20. The van der Waals surface area contributed by atoms with Crippen molar-refractivity contribution in [3.8, 4) is 0 Å². The van der Waals surface area contributed by atoms with E-state index in [4.69, 9.17) is 5.73 Å². The van der Waals surface area contributed by atoms with E-state index in [0.29, 0.717) is 5.01 Å². The van der Waals surface area contributed by atoms with E-state index >= 15 is 0 Å². The van der Waals surface area contributed by atoms with Crippen LogP contribution in [0.1, 0.15) is 16.1 Å². The number of sulfonamides is 1. The molecule has 8 heteroatoms. The lowest BCUT2D eigenvalue weighted by atomic mass is 10.1. The van der Waals surface area contributed by atoms with Crippen LogP contribution in [-0.4, -0.2) is 18.6 Å². The largest absolute Gasteiger partial charge is 0.398 e. The standard InChI is InChI=1S/C11H14N4O2S2/c1-6-4-9(12)10(5-7(6)2)19(16,17)15-11-14-13-8(3)18-11/h4-5H,12H2,1-3H3,(H,14,15). The van der Waals surface area contributed by atoms with Crippen LogP contribution in [0.15, 0.2) is 17.0 Å². The maximum absolute atomic E-state index is 12.2. The van der Waals surface area contributed by atoms with E-state index in [1.54, 1.807) is 19.1 Å². The second kappa shape index (κ2) is 4.78. The molecule has 0 bridgehead atoms. The van der Waals surface area contributed by atoms with Crippen LogP contribution >= 0.6 is 11.3 Å². The Morgan fingerprint density at radius 2 is 1.79 bits per heavy atom. The van der Waals surface area contributed by atoms with E-state index < -0.39 is 10.0 Å². The number of aromatic nitrogens is 2. The molecule has 6 nitrogen and oxygen atoms in total. The number of anilines is 2. The van der Waals surface area contributed by atoms with Crippen molar-refractivity contribution >= 4 is 32.2 Å². The molecule has 19 heavy (non-hydrogen) atoms. The average Bonchev–Trinajstić information content (AvgIpc) is 2.68. The predicted octanol–water partition coefficient (Wildman–Crippen LogP) is 1.85. The lowest BCUT2D eigenvalue weighted by Crippen LogP contribution is -2.15. The van der Waals surface area contributed by atoms with E-state index in [0.717, 1.165) is 11.1 Å². The molecule has 0 aliphatic rings. The maximum Gasteiger partial charge on any atom is 0.265 e. The molecule has 0 fully saturated rings. The number of nitrogen functional groups attached to an aromatic ring is 1. The Labute approximate surface area is 115 Å². The molecule has 1 aromatic heterocycles. The van der Waals surface area contributed by atoms with Crippen molar-refractivity contribution in [1.29, 1.82) is 0 Å². The first-order chi connectivity index (χ1) is 8.79. The van der Waals surface area contributed by atoms with Crippen molar-refractivity contribution in [3.05, 3.63) is 28.3 Å². The fourth-order valence-corrected chi connectivity index (χ4v) is 3.57. The summed E-state index contributed by atoms with van der Waals surface area (Å²) in [6, 6.07) is 3.20. The van der Waals surface area contributed by atoms with Crippen molar-refractivity contribution < 1.29 is 8.42 Å². The number of aryl methyl sites for hydroxylation is 3. The van der Waals surface area contributed by atoms with Crippen molar-refractivity contribution in [1.82, 2.24) is 10.2 Å². The highest BCUT2D eigenvalue weighted by Crippen LogP contribution is 2.25. The Balaban J connectivity index is 2.42. The summed E-state index contributed by atoms with van der Waals surface area (Å²) < 4.78 is 26.9. The maximum atomic E-state index is 12.2. The molecule has 3 N–H and O–H groups in total. The van der Waals surface area contributed by atoms with Gasteiger partial charge in [-0.25, -0.2) is 8.42 Å². The molecule has 0 saturated carbocycles. The number of nitrogens with two attached hydrogens (primary N) is 1. The number of nitrogens with zero attached hydrogens (tertiary/aromatic N) is 2. The van der Waals surface area contributed by atoms with E-state index in [1.807, 2.05) is 13.8 Å². The first kappa shape index (κ1) is 13.8. The molecule has 0 spiro atoms. The van der Waals surface area contributed by atoms with Crippen LogP contribution in [0.5, 0.6) is 0 Å². The smallest absolute Gasteiger partial charge is 0.265 e. The van der Waals surface area contributed by atoms with Gasteiger partial charge in [-0.2, -0.15) is 0 Å². The molecule has 0 radical (unpaired) electrons. The zero-order chi connectivity index (χ0) is 14.2. The van der Waals surface area contributed by atoms with Gasteiger partial charge in [-0.3, -0.25) is 4.72 Å². The minimum atomic E-state index is -3.74. The van der Waals surface area contributed by atoms with Gasteiger partial charge in [-0.15, -0.1) is 10.2 Å². The summed E-state index contributed by atoms with van der Waals surface area (Å²) in [5.41, 5.74) is 7.81. The number of benzene rings is 1. The third-order valence-electron chi connectivity index (χ3n) is 2.66. The van der Waals surface area contributed by atoms with Crippen LogP contribution in [0.25, 0.3) is 0 Å². The summed E-state index contributed by atoms with van der Waals surface area (Å²) in [6.45, 7) is 5.46. The lowest BCUT2D eigenvalue weighted by molar-refractivity contribution is 0.601. The van der Waals surface area contributed by atoms with Crippen molar-refractivity contribution in [2.45, 2.75) is 25.7 Å². The van der Waals surface area contributed by atoms with Crippen LogP contribution in [0.3, 0.4) is 0 Å². The number of nitrogens with one attached hydrogen (secondary N) is 1. The molecule has 0 aliphatic heterocycles. The Bertz CT molecular complexity index is 722. The van der Waals surface area contributed by atoms with Crippen molar-refractivity contribution in [2.75, 3.05) is 10.5 Å². The Hall–Kier alpha value is -1.67. The summed E-state index contributed by atoms with van der Waals surface area (Å²) in [4.78, 5) is 0.0588. The van der Waals surface area contributed by atoms with Crippen LogP contribution in [-0.2, 0) is 10.0 Å². The molecule has 0 atom stereocenters.